The topological polar surface area (TPSA) is 55.6 Å². The molecule has 0 saturated heterocycles. The second-order valence-electron chi connectivity index (χ2n) is 5.29. The molecule has 5 nitrogen and oxygen atoms in total. The van der Waals surface area contributed by atoms with E-state index in [4.69, 9.17) is 4.74 Å². The highest BCUT2D eigenvalue weighted by Crippen LogP contribution is 2.21. The van der Waals surface area contributed by atoms with Crippen LogP contribution in [0.3, 0.4) is 0 Å². The lowest BCUT2D eigenvalue weighted by Gasteiger charge is -2.09. The highest BCUT2D eigenvalue weighted by molar-refractivity contribution is 9.10. The van der Waals surface area contributed by atoms with Crippen molar-refractivity contribution in [1.29, 1.82) is 0 Å². The first-order valence-corrected chi connectivity index (χ1v) is 7.95. The van der Waals surface area contributed by atoms with Crippen LogP contribution in [0.2, 0.25) is 0 Å². The van der Waals surface area contributed by atoms with Crippen LogP contribution in [-0.2, 0) is 4.79 Å². The van der Waals surface area contributed by atoms with E-state index in [1.807, 2.05) is 54.9 Å². The third-order valence-corrected chi connectivity index (χ3v) is 4.24. The first kappa shape index (κ1) is 15.6. The maximum atomic E-state index is 12.0. The molecule has 2 aromatic heterocycles. The summed E-state index contributed by atoms with van der Waals surface area (Å²) in [4.78, 5) is 16.4. The molecule has 0 atom stereocenters. The lowest BCUT2D eigenvalue weighted by molar-refractivity contribution is -0.118. The Hall–Kier alpha value is -2.34. The zero-order valence-electron chi connectivity index (χ0n) is 12.8. The van der Waals surface area contributed by atoms with Gasteiger partial charge in [0.2, 0.25) is 0 Å². The Morgan fingerprint density at radius 3 is 2.96 bits per heavy atom. The summed E-state index contributed by atoms with van der Waals surface area (Å²) in [5.41, 5.74) is 3.44. The van der Waals surface area contributed by atoms with Gasteiger partial charge in [-0.15, -0.1) is 0 Å². The molecule has 118 valence electrons. The van der Waals surface area contributed by atoms with E-state index in [0.29, 0.717) is 11.4 Å². The molecule has 0 saturated carbocycles. The summed E-state index contributed by atoms with van der Waals surface area (Å²) >= 11 is 3.45. The summed E-state index contributed by atoms with van der Waals surface area (Å²) in [6.07, 6.45) is 3.80. The zero-order chi connectivity index (χ0) is 16.4. The lowest BCUT2D eigenvalue weighted by Crippen LogP contribution is -2.20. The van der Waals surface area contributed by atoms with E-state index < -0.39 is 0 Å². The van der Waals surface area contributed by atoms with E-state index in [9.17, 15) is 4.79 Å². The summed E-state index contributed by atoms with van der Waals surface area (Å²) in [6.45, 7) is 3.84. The molecular weight excluding hydrogens is 358 g/mol. The Kier molecular flexibility index (Phi) is 4.34. The molecule has 0 aliphatic carbocycles. The van der Waals surface area contributed by atoms with Gasteiger partial charge in [0.05, 0.1) is 5.69 Å². The molecular formula is C17H16BrN3O2. The molecule has 6 heteroatoms. The normalized spacial score (nSPS) is 10.7. The van der Waals surface area contributed by atoms with Gasteiger partial charge in [-0.2, -0.15) is 0 Å². The molecule has 3 rings (SSSR count). The molecule has 3 aromatic rings. The third-order valence-electron chi connectivity index (χ3n) is 3.38. The number of anilines is 1. The van der Waals surface area contributed by atoms with Crippen molar-refractivity contribution in [2.45, 2.75) is 13.8 Å². The number of ether oxygens (including phenoxy) is 1. The first-order valence-electron chi connectivity index (χ1n) is 7.16. The number of nitrogens with one attached hydrogen (secondary N) is 1. The summed E-state index contributed by atoms with van der Waals surface area (Å²) in [5, 5.41) is 2.81. The number of hydrogen-bond donors (Lipinski definition) is 1. The van der Waals surface area contributed by atoms with Gasteiger partial charge in [0.25, 0.3) is 5.91 Å². The first-order chi connectivity index (χ1) is 11.0. The highest BCUT2D eigenvalue weighted by Gasteiger charge is 2.09. The molecule has 2 heterocycles. The lowest BCUT2D eigenvalue weighted by atomic mass is 10.2. The minimum absolute atomic E-state index is 0.0723. The van der Waals surface area contributed by atoms with Crippen LogP contribution in [0.25, 0.3) is 5.65 Å². The quantitative estimate of drug-likeness (QED) is 0.757. The Balaban J connectivity index is 1.67. The SMILES string of the molecule is Cc1cn2cccc(OCC(=O)Nc3ccc(C)c(Br)c3)c2n1. The van der Waals surface area contributed by atoms with Crippen LogP contribution >= 0.6 is 15.9 Å². The Morgan fingerprint density at radius 1 is 1.35 bits per heavy atom. The van der Waals surface area contributed by atoms with Gasteiger partial charge in [0, 0.05) is 22.6 Å². The highest BCUT2D eigenvalue weighted by atomic mass is 79.9. The Morgan fingerprint density at radius 2 is 2.17 bits per heavy atom. The number of hydrogen-bond acceptors (Lipinski definition) is 3. The predicted molar refractivity (Wildman–Crippen MR) is 92.9 cm³/mol. The van der Waals surface area contributed by atoms with Crippen LogP contribution < -0.4 is 10.1 Å². The fraction of sp³-hybridized carbons (Fsp3) is 0.176. The molecule has 0 spiro atoms. The van der Waals surface area contributed by atoms with Crippen molar-refractivity contribution in [1.82, 2.24) is 9.38 Å². The van der Waals surface area contributed by atoms with Crippen LogP contribution in [0.5, 0.6) is 5.75 Å². The van der Waals surface area contributed by atoms with Crippen LogP contribution in [0.4, 0.5) is 5.69 Å². The zero-order valence-corrected chi connectivity index (χ0v) is 14.4. The number of amides is 1. The van der Waals surface area contributed by atoms with E-state index in [1.54, 1.807) is 6.07 Å². The van der Waals surface area contributed by atoms with Gasteiger partial charge in [-0.25, -0.2) is 4.98 Å². The van der Waals surface area contributed by atoms with E-state index in [1.165, 1.54) is 0 Å². The molecule has 0 fully saturated rings. The number of aryl methyl sites for hydroxylation is 2. The molecule has 0 radical (unpaired) electrons. The van der Waals surface area contributed by atoms with Crippen LogP contribution in [0.15, 0.2) is 47.2 Å². The van der Waals surface area contributed by atoms with Gasteiger partial charge in [-0.1, -0.05) is 22.0 Å². The molecule has 1 N–H and O–H groups in total. The summed E-state index contributed by atoms with van der Waals surface area (Å²) in [5.74, 6) is 0.367. The van der Waals surface area contributed by atoms with Crippen molar-refractivity contribution in [2.24, 2.45) is 0 Å². The fourth-order valence-electron chi connectivity index (χ4n) is 2.23. The minimum Gasteiger partial charge on any atom is -0.480 e. The molecule has 0 aliphatic rings. The van der Waals surface area contributed by atoms with Crippen molar-refractivity contribution < 1.29 is 9.53 Å². The number of halogens is 1. The van der Waals surface area contributed by atoms with Gasteiger partial charge in [0.15, 0.2) is 18.0 Å². The summed E-state index contributed by atoms with van der Waals surface area (Å²) < 4.78 is 8.44. The van der Waals surface area contributed by atoms with Crippen molar-refractivity contribution in [2.75, 3.05) is 11.9 Å². The van der Waals surface area contributed by atoms with E-state index in [0.717, 1.165) is 21.4 Å². The van der Waals surface area contributed by atoms with Crippen molar-refractivity contribution in [3.8, 4) is 5.75 Å². The number of pyridine rings is 1. The van der Waals surface area contributed by atoms with Gasteiger partial charge in [-0.05, 0) is 43.7 Å². The second kappa shape index (κ2) is 6.42. The number of aromatic nitrogens is 2. The summed E-state index contributed by atoms with van der Waals surface area (Å²) in [7, 11) is 0. The Bertz CT molecular complexity index is 873. The van der Waals surface area contributed by atoms with Gasteiger partial charge in [-0.3, -0.25) is 4.79 Å². The van der Waals surface area contributed by atoms with Crippen LogP contribution in [-0.4, -0.2) is 21.9 Å². The van der Waals surface area contributed by atoms with Gasteiger partial charge >= 0.3 is 0 Å². The number of rotatable bonds is 4. The van der Waals surface area contributed by atoms with E-state index in [2.05, 4.69) is 26.2 Å². The van der Waals surface area contributed by atoms with Gasteiger partial charge in [0.1, 0.15) is 0 Å². The van der Waals surface area contributed by atoms with E-state index >= 15 is 0 Å². The number of imidazole rings is 1. The fourth-order valence-corrected chi connectivity index (χ4v) is 2.61. The molecule has 1 aromatic carbocycles. The molecule has 0 aliphatic heterocycles. The van der Waals surface area contributed by atoms with Crippen molar-refractivity contribution in [3.63, 3.8) is 0 Å². The average Bonchev–Trinajstić information content (AvgIpc) is 2.89. The van der Waals surface area contributed by atoms with Gasteiger partial charge < -0.3 is 14.5 Å². The number of fused-ring (bicyclic) bond motifs is 1. The van der Waals surface area contributed by atoms with E-state index in [-0.39, 0.29) is 12.5 Å². The standard InChI is InChI=1S/C17H16BrN3O2/c1-11-5-6-13(8-14(11)18)20-16(22)10-23-15-4-3-7-21-9-12(2)19-17(15)21/h3-9H,10H2,1-2H3,(H,20,22). The largest absolute Gasteiger partial charge is 0.480 e. The van der Waals surface area contributed by atoms with Crippen molar-refractivity contribution in [3.05, 3.63) is 58.5 Å². The predicted octanol–water partition coefficient (Wildman–Crippen LogP) is 3.73. The summed E-state index contributed by atoms with van der Waals surface area (Å²) in [6, 6.07) is 9.33. The molecule has 1 amide bonds. The molecule has 0 unspecified atom stereocenters. The molecule has 0 bridgehead atoms. The maximum Gasteiger partial charge on any atom is 0.262 e. The monoisotopic (exact) mass is 373 g/mol. The smallest absolute Gasteiger partial charge is 0.262 e. The number of nitrogens with zero attached hydrogens (tertiary/aromatic N) is 2. The number of benzene rings is 1. The van der Waals surface area contributed by atoms with Crippen molar-refractivity contribution >= 4 is 33.2 Å². The average molecular weight is 374 g/mol. The second-order valence-corrected chi connectivity index (χ2v) is 6.14. The third kappa shape index (κ3) is 3.53. The van der Waals surface area contributed by atoms with Crippen LogP contribution in [0.1, 0.15) is 11.3 Å². The minimum atomic E-state index is -0.217. The Labute approximate surface area is 142 Å². The maximum absolute atomic E-state index is 12.0. The number of carbonyl (C=O) groups excluding carboxylic acids is 1. The molecule has 23 heavy (non-hydrogen) atoms. The number of carbonyl (C=O) groups is 1. The van der Waals surface area contributed by atoms with Crippen LogP contribution in [0, 0.1) is 13.8 Å².